The summed E-state index contributed by atoms with van der Waals surface area (Å²) in [6.45, 7) is 9.46. The lowest BCUT2D eigenvalue weighted by Crippen LogP contribution is -2.09. The summed E-state index contributed by atoms with van der Waals surface area (Å²) < 4.78 is 31.4. The molecule has 0 unspecified atom stereocenters. The average Bonchev–Trinajstić information content (AvgIpc) is 3.40. The van der Waals surface area contributed by atoms with Gasteiger partial charge in [-0.2, -0.15) is 0 Å². The fourth-order valence-corrected chi connectivity index (χ4v) is 7.41. The smallest absolute Gasteiger partial charge is 0.338 e. The van der Waals surface area contributed by atoms with Gasteiger partial charge in [0.15, 0.2) is 0 Å². The standard InChI is InChI=1S/C32H40O8.C30H40O4/c1-3-5-7-9-11-23-37-31(35)25-13-17-27(18-14-25)39-29(33)21-22-30(34)40-28-19-15-26(16-20-28)32(36)38-24-12-10-8-6-4-2;1-3-5-7-9-11-13-25-15-19-27(20-16-25)33-29(31)23-24-30(32)34-28-21-17-26(18-22-28)14-12-10-8-6-4-2/h13-22H,3-12,23-24H2,1-2H3;15-24H,3-14H2,1-2H3. The Labute approximate surface area is 440 Å². The van der Waals surface area contributed by atoms with Gasteiger partial charge in [0.2, 0.25) is 0 Å². The van der Waals surface area contributed by atoms with E-state index in [0.717, 1.165) is 88.5 Å². The van der Waals surface area contributed by atoms with Gasteiger partial charge in [0, 0.05) is 24.3 Å². The van der Waals surface area contributed by atoms with Crippen LogP contribution in [0.5, 0.6) is 23.0 Å². The Hall–Kier alpha value is -6.82. The van der Waals surface area contributed by atoms with Crippen molar-refractivity contribution < 1.29 is 57.2 Å². The maximum atomic E-state index is 12.1. The van der Waals surface area contributed by atoms with Crippen LogP contribution < -0.4 is 18.9 Å². The molecule has 12 heteroatoms. The Morgan fingerprint density at radius 1 is 0.311 bits per heavy atom. The molecule has 0 aliphatic carbocycles. The van der Waals surface area contributed by atoms with Crippen LogP contribution >= 0.6 is 0 Å². The summed E-state index contributed by atoms with van der Waals surface area (Å²) in [6, 6.07) is 27.0. The highest BCUT2D eigenvalue weighted by atomic mass is 16.6. The lowest BCUT2D eigenvalue weighted by Gasteiger charge is -2.06. The first kappa shape index (κ1) is 61.5. The van der Waals surface area contributed by atoms with E-state index >= 15 is 0 Å². The van der Waals surface area contributed by atoms with Crippen LogP contribution in [0.25, 0.3) is 0 Å². The Kier molecular flexibility index (Phi) is 32.2. The van der Waals surface area contributed by atoms with Crippen molar-refractivity contribution in [3.63, 3.8) is 0 Å². The molecule has 0 aromatic heterocycles. The number of unbranched alkanes of at least 4 members (excludes halogenated alkanes) is 16. The molecule has 400 valence electrons. The van der Waals surface area contributed by atoms with Crippen molar-refractivity contribution in [2.24, 2.45) is 0 Å². The van der Waals surface area contributed by atoms with Crippen molar-refractivity contribution in [1.82, 2.24) is 0 Å². The number of carbonyl (C=O) groups is 6. The molecule has 4 aromatic rings. The Morgan fingerprint density at radius 2 is 0.554 bits per heavy atom. The van der Waals surface area contributed by atoms with Crippen LogP contribution in [0, 0.1) is 0 Å². The Bertz CT molecular complexity index is 2120. The molecule has 0 radical (unpaired) electrons. The highest BCUT2D eigenvalue weighted by molar-refractivity contribution is 5.95. The van der Waals surface area contributed by atoms with Crippen LogP contribution in [-0.4, -0.2) is 49.0 Å². The van der Waals surface area contributed by atoms with Crippen molar-refractivity contribution in [3.05, 3.63) is 144 Å². The molecule has 0 N–H and O–H groups in total. The number of benzene rings is 4. The SMILES string of the molecule is CCCCCCCOC(=O)c1ccc(OC(=O)C=CC(=O)Oc2ccc(C(=O)OCCCCCCC)cc2)cc1.CCCCCCCc1ccc(OC(=O)C=CC(=O)Oc2ccc(CCCCCCC)cc2)cc1. The summed E-state index contributed by atoms with van der Waals surface area (Å²) in [4.78, 5) is 72.4. The molecule has 0 aliphatic rings. The Balaban J connectivity index is 0.000000395. The largest absolute Gasteiger partial charge is 0.462 e. The number of carbonyl (C=O) groups excluding carboxylic acids is 6. The van der Waals surface area contributed by atoms with E-state index in [9.17, 15) is 28.8 Å². The van der Waals surface area contributed by atoms with Crippen LogP contribution in [-0.2, 0) is 41.5 Å². The minimum absolute atomic E-state index is 0.211. The zero-order valence-electron chi connectivity index (χ0n) is 44.4. The van der Waals surface area contributed by atoms with Crippen LogP contribution in [0.15, 0.2) is 121 Å². The number of aryl methyl sites for hydroxylation is 2. The predicted octanol–water partition coefficient (Wildman–Crippen LogP) is 14.8. The van der Waals surface area contributed by atoms with Crippen LogP contribution in [0.3, 0.4) is 0 Å². The van der Waals surface area contributed by atoms with Gasteiger partial charge in [-0.1, -0.05) is 155 Å². The van der Waals surface area contributed by atoms with Crippen molar-refractivity contribution >= 4 is 35.8 Å². The molecule has 0 saturated carbocycles. The second kappa shape index (κ2) is 38.8. The monoisotopic (exact) mass is 1020 g/mol. The lowest BCUT2D eigenvalue weighted by atomic mass is 10.1. The van der Waals surface area contributed by atoms with E-state index < -0.39 is 35.8 Å². The molecular weight excluding hydrogens is 937 g/mol. The number of rotatable bonds is 34. The van der Waals surface area contributed by atoms with Crippen LogP contribution in [0.4, 0.5) is 0 Å². The molecule has 0 aliphatic heterocycles. The molecule has 12 nitrogen and oxygen atoms in total. The molecule has 74 heavy (non-hydrogen) atoms. The summed E-state index contributed by atoms with van der Waals surface area (Å²) in [5.41, 5.74) is 3.18. The predicted molar refractivity (Wildman–Crippen MR) is 290 cm³/mol. The summed E-state index contributed by atoms with van der Waals surface area (Å²) in [7, 11) is 0. The van der Waals surface area contributed by atoms with E-state index in [4.69, 9.17) is 28.4 Å². The van der Waals surface area contributed by atoms with Crippen LogP contribution in [0.2, 0.25) is 0 Å². The van der Waals surface area contributed by atoms with Crippen molar-refractivity contribution in [2.45, 2.75) is 169 Å². The van der Waals surface area contributed by atoms with E-state index in [0.29, 0.717) is 35.8 Å². The summed E-state index contributed by atoms with van der Waals surface area (Å²) >= 11 is 0. The fourth-order valence-electron chi connectivity index (χ4n) is 7.41. The molecule has 0 amide bonds. The molecule has 0 heterocycles. The topological polar surface area (TPSA) is 158 Å². The molecule has 0 atom stereocenters. The highest BCUT2D eigenvalue weighted by Gasteiger charge is 2.12. The molecule has 0 saturated heterocycles. The third kappa shape index (κ3) is 28.4. The van der Waals surface area contributed by atoms with Gasteiger partial charge in [-0.05, 0) is 122 Å². The van der Waals surface area contributed by atoms with Crippen LogP contribution in [0.1, 0.15) is 188 Å². The molecule has 4 rings (SSSR count). The first-order chi connectivity index (χ1) is 36.0. The van der Waals surface area contributed by atoms with Gasteiger partial charge in [0.1, 0.15) is 23.0 Å². The zero-order chi connectivity index (χ0) is 53.4. The van der Waals surface area contributed by atoms with Crippen molar-refractivity contribution in [1.29, 1.82) is 0 Å². The minimum atomic E-state index is -0.785. The molecular formula is C62H80O12. The number of ether oxygens (including phenoxy) is 6. The first-order valence-electron chi connectivity index (χ1n) is 27.0. The van der Waals surface area contributed by atoms with Gasteiger partial charge in [-0.25, -0.2) is 28.8 Å². The van der Waals surface area contributed by atoms with Crippen molar-refractivity contribution in [3.8, 4) is 23.0 Å². The van der Waals surface area contributed by atoms with E-state index in [2.05, 4.69) is 27.7 Å². The van der Waals surface area contributed by atoms with Gasteiger partial charge >= 0.3 is 35.8 Å². The third-order valence-corrected chi connectivity index (χ3v) is 11.7. The van der Waals surface area contributed by atoms with Crippen molar-refractivity contribution in [2.75, 3.05) is 13.2 Å². The summed E-state index contributed by atoms with van der Waals surface area (Å²) in [6.07, 6.45) is 29.3. The average molecular weight is 1020 g/mol. The normalized spacial score (nSPS) is 10.9. The highest BCUT2D eigenvalue weighted by Crippen LogP contribution is 2.19. The fraction of sp³-hybridized carbons (Fsp3) is 0.452. The maximum absolute atomic E-state index is 12.1. The summed E-state index contributed by atoms with van der Waals surface area (Å²) in [5, 5.41) is 0. The van der Waals surface area contributed by atoms with Gasteiger partial charge in [0.05, 0.1) is 24.3 Å². The number of esters is 6. The van der Waals surface area contributed by atoms with Gasteiger partial charge in [-0.3, -0.25) is 0 Å². The molecule has 0 spiro atoms. The second-order valence-electron chi connectivity index (χ2n) is 18.1. The summed E-state index contributed by atoms with van der Waals surface area (Å²) in [5.74, 6) is -2.31. The Morgan fingerprint density at radius 3 is 0.824 bits per heavy atom. The quantitative estimate of drug-likeness (QED) is 0.0189. The first-order valence-corrected chi connectivity index (χ1v) is 27.0. The molecule has 4 aromatic carbocycles. The van der Waals surface area contributed by atoms with Gasteiger partial charge < -0.3 is 28.4 Å². The number of hydrogen-bond donors (Lipinski definition) is 0. The van der Waals surface area contributed by atoms with E-state index in [1.54, 1.807) is 24.3 Å². The number of hydrogen-bond acceptors (Lipinski definition) is 12. The molecule has 0 bridgehead atoms. The van der Waals surface area contributed by atoms with E-state index in [1.165, 1.54) is 137 Å². The molecule has 0 fully saturated rings. The third-order valence-electron chi connectivity index (χ3n) is 11.7. The maximum Gasteiger partial charge on any atom is 0.338 e. The van der Waals surface area contributed by atoms with Gasteiger partial charge in [0.25, 0.3) is 0 Å². The lowest BCUT2D eigenvalue weighted by molar-refractivity contribution is -0.131. The van der Waals surface area contributed by atoms with Gasteiger partial charge in [-0.15, -0.1) is 0 Å². The second-order valence-corrected chi connectivity index (χ2v) is 18.1. The minimum Gasteiger partial charge on any atom is -0.462 e. The van der Waals surface area contributed by atoms with E-state index in [1.807, 2.05) is 24.3 Å². The van der Waals surface area contributed by atoms with E-state index in [-0.39, 0.29) is 11.5 Å². The zero-order valence-corrected chi connectivity index (χ0v) is 44.4.